The average Bonchev–Trinajstić information content (AvgIpc) is 2.81. The molecule has 2 aromatic heterocycles. The van der Waals surface area contributed by atoms with Gasteiger partial charge in [0.15, 0.2) is 0 Å². The molecule has 0 radical (unpaired) electrons. The Hall–Kier alpha value is -0.680. The van der Waals surface area contributed by atoms with Crippen LogP contribution in [0.5, 0.6) is 0 Å². The lowest BCUT2D eigenvalue weighted by Crippen LogP contribution is -2.21. The summed E-state index contributed by atoms with van der Waals surface area (Å²) in [4.78, 5) is 6.14. The highest BCUT2D eigenvalue weighted by molar-refractivity contribution is 7.18. The van der Waals surface area contributed by atoms with Gasteiger partial charge in [-0.3, -0.25) is 0 Å². The Morgan fingerprint density at radius 1 is 1.39 bits per heavy atom. The van der Waals surface area contributed by atoms with Crippen LogP contribution in [0.2, 0.25) is 5.15 Å². The molecule has 1 N–H and O–H groups in total. The molecule has 1 saturated heterocycles. The second-order valence-corrected chi connectivity index (χ2v) is 6.02. The minimum absolute atomic E-state index is 0.294. The van der Waals surface area contributed by atoms with Crippen molar-refractivity contribution in [3.05, 3.63) is 28.2 Å². The van der Waals surface area contributed by atoms with Gasteiger partial charge in [-0.15, -0.1) is 11.3 Å². The molecule has 96 valence electrons. The molecule has 0 saturated carbocycles. The Kier molecular flexibility index (Phi) is 3.52. The average molecular weight is 284 g/mol. The Bertz CT molecular complexity index is 551. The fourth-order valence-corrected chi connectivity index (χ4v) is 3.63. The number of rotatable bonds is 2. The van der Waals surface area contributed by atoms with Crippen molar-refractivity contribution in [2.45, 2.75) is 18.9 Å². The highest BCUT2D eigenvalue weighted by Crippen LogP contribution is 2.36. The topological polar surface area (TPSA) is 42.4 Å². The zero-order valence-corrected chi connectivity index (χ0v) is 11.4. The Morgan fingerprint density at radius 2 is 2.17 bits per heavy atom. The second kappa shape index (κ2) is 5.13. The number of hydrogen-bond acceptors (Lipinski definition) is 4. The fourth-order valence-electron chi connectivity index (χ4n) is 2.32. The van der Waals surface area contributed by atoms with Crippen LogP contribution >= 0.6 is 22.9 Å². The van der Waals surface area contributed by atoms with Gasteiger partial charge in [-0.25, -0.2) is 4.98 Å². The van der Waals surface area contributed by atoms with Gasteiger partial charge in [-0.05, 0) is 37.0 Å². The van der Waals surface area contributed by atoms with E-state index < -0.39 is 6.10 Å². The summed E-state index contributed by atoms with van der Waals surface area (Å²) in [6.07, 6.45) is 1.43. The number of ether oxygens (including phenoxy) is 1. The molecule has 5 heteroatoms. The van der Waals surface area contributed by atoms with E-state index >= 15 is 0 Å². The van der Waals surface area contributed by atoms with E-state index in [-0.39, 0.29) is 0 Å². The Balaban J connectivity index is 1.88. The molecule has 0 spiro atoms. The Labute approximate surface area is 114 Å². The van der Waals surface area contributed by atoms with Crippen LogP contribution in [-0.4, -0.2) is 23.3 Å². The van der Waals surface area contributed by atoms with Crippen LogP contribution in [0.1, 0.15) is 23.8 Å². The Morgan fingerprint density at radius 3 is 2.94 bits per heavy atom. The molecule has 0 bridgehead atoms. The van der Waals surface area contributed by atoms with Gasteiger partial charge >= 0.3 is 0 Å². The molecule has 3 heterocycles. The first-order chi connectivity index (χ1) is 8.74. The van der Waals surface area contributed by atoms with Crippen LogP contribution in [0.15, 0.2) is 18.2 Å². The van der Waals surface area contributed by atoms with E-state index in [1.807, 2.05) is 12.1 Å². The number of nitrogens with zero attached hydrogens (tertiary/aromatic N) is 1. The number of aliphatic hydroxyl groups is 1. The third-order valence-electron chi connectivity index (χ3n) is 3.37. The second-order valence-electron chi connectivity index (χ2n) is 4.57. The summed E-state index contributed by atoms with van der Waals surface area (Å²) in [6, 6.07) is 5.74. The van der Waals surface area contributed by atoms with Crippen LogP contribution in [-0.2, 0) is 4.74 Å². The van der Waals surface area contributed by atoms with Crippen molar-refractivity contribution in [2.24, 2.45) is 5.92 Å². The van der Waals surface area contributed by atoms with Gasteiger partial charge in [0.25, 0.3) is 0 Å². The molecule has 1 aliphatic rings. The fraction of sp³-hybridized carbons (Fsp3) is 0.462. The van der Waals surface area contributed by atoms with Crippen molar-refractivity contribution in [2.75, 3.05) is 13.2 Å². The summed E-state index contributed by atoms with van der Waals surface area (Å²) in [5.74, 6) is 0.294. The quantitative estimate of drug-likeness (QED) is 0.859. The van der Waals surface area contributed by atoms with Crippen LogP contribution in [0, 0.1) is 5.92 Å². The smallest absolute Gasteiger partial charge is 0.130 e. The largest absolute Gasteiger partial charge is 0.387 e. The summed E-state index contributed by atoms with van der Waals surface area (Å²) in [6.45, 7) is 1.49. The van der Waals surface area contributed by atoms with E-state index in [0.717, 1.165) is 41.1 Å². The van der Waals surface area contributed by atoms with Crippen molar-refractivity contribution in [3.63, 3.8) is 0 Å². The van der Waals surface area contributed by atoms with Gasteiger partial charge in [-0.1, -0.05) is 11.6 Å². The molecule has 0 aromatic carbocycles. The lowest BCUT2D eigenvalue weighted by atomic mass is 9.93. The number of pyridine rings is 1. The third-order valence-corrected chi connectivity index (χ3v) is 4.70. The monoisotopic (exact) mass is 283 g/mol. The van der Waals surface area contributed by atoms with Crippen molar-refractivity contribution >= 4 is 33.2 Å². The van der Waals surface area contributed by atoms with Gasteiger partial charge in [-0.2, -0.15) is 0 Å². The molecule has 1 unspecified atom stereocenters. The van der Waals surface area contributed by atoms with E-state index in [0.29, 0.717) is 11.1 Å². The molecule has 2 aromatic rings. The van der Waals surface area contributed by atoms with Gasteiger partial charge < -0.3 is 9.84 Å². The molecule has 3 rings (SSSR count). The van der Waals surface area contributed by atoms with Crippen LogP contribution in [0.4, 0.5) is 0 Å². The summed E-state index contributed by atoms with van der Waals surface area (Å²) < 4.78 is 5.32. The number of aliphatic hydroxyl groups excluding tert-OH is 1. The number of halogens is 1. The maximum Gasteiger partial charge on any atom is 0.130 e. The van der Waals surface area contributed by atoms with Crippen molar-refractivity contribution in [1.82, 2.24) is 4.98 Å². The zero-order valence-electron chi connectivity index (χ0n) is 9.80. The first-order valence-electron chi connectivity index (χ1n) is 6.06. The van der Waals surface area contributed by atoms with Crippen molar-refractivity contribution < 1.29 is 9.84 Å². The predicted molar refractivity (Wildman–Crippen MR) is 73.1 cm³/mol. The molecule has 18 heavy (non-hydrogen) atoms. The number of hydrogen-bond donors (Lipinski definition) is 1. The molecular formula is C13H14ClNO2S. The predicted octanol–water partition coefficient (Wildman–Crippen LogP) is 3.41. The highest BCUT2D eigenvalue weighted by atomic mass is 35.5. The van der Waals surface area contributed by atoms with Gasteiger partial charge in [0.2, 0.25) is 0 Å². The van der Waals surface area contributed by atoms with Crippen molar-refractivity contribution in [1.29, 1.82) is 0 Å². The van der Waals surface area contributed by atoms with E-state index in [1.165, 1.54) is 11.3 Å². The lowest BCUT2D eigenvalue weighted by molar-refractivity contribution is 0.00856. The van der Waals surface area contributed by atoms with Gasteiger partial charge in [0, 0.05) is 23.5 Å². The van der Waals surface area contributed by atoms with Crippen LogP contribution < -0.4 is 0 Å². The van der Waals surface area contributed by atoms with Gasteiger partial charge in [0.1, 0.15) is 9.98 Å². The molecular weight excluding hydrogens is 270 g/mol. The van der Waals surface area contributed by atoms with E-state index in [4.69, 9.17) is 16.3 Å². The minimum Gasteiger partial charge on any atom is -0.387 e. The summed E-state index contributed by atoms with van der Waals surface area (Å²) in [7, 11) is 0. The molecule has 1 atom stereocenters. The van der Waals surface area contributed by atoms with E-state index in [2.05, 4.69) is 4.98 Å². The van der Waals surface area contributed by atoms with Gasteiger partial charge in [0.05, 0.1) is 6.10 Å². The van der Waals surface area contributed by atoms with Crippen molar-refractivity contribution in [3.8, 4) is 0 Å². The molecule has 0 aliphatic carbocycles. The maximum absolute atomic E-state index is 10.4. The zero-order chi connectivity index (χ0) is 12.5. The van der Waals surface area contributed by atoms with Crippen LogP contribution in [0.25, 0.3) is 10.2 Å². The van der Waals surface area contributed by atoms with Crippen LogP contribution in [0.3, 0.4) is 0 Å². The first kappa shape index (κ1) is 12.4. The maximum atomic E-state index is 10.4. The third kappa shape index (κ3) is 2.38. The standard InChI is InChI=1S/C13H14ClNO2S/c14-11-2-1-9-7-10(18-13(9)15-11)12(16)8-3-5-17-6-4-8/h1-2,7-8,12,16H,3-6H2. The first-order valence-corrected chi connectivity index (χ1v) is 7.25. The number of thiophene rings is 1. The molecule has 3 nitrogen and oxygen atoms in total. The normalized spacial score (nSPS) is 19.2. The summed E-state index contributed by atoms with van der Waals surface area (Å²) in [5, 5.41) is 12.0. The summed E-state index contributed by atoms with van der Waals surface area (Å²) in [5.41, 5.74) is 0. The van der Waals surface area contributed by atoms with E-state index in [1.54, 1.807) is 6.07 Å². The summed E-state index contributed by atoms with van der Waals surface area (Å²) >= 11 is 7.40. The van der Waals surface area contributed by atoms with E-state index in [9.17, 15) is 5.11 Å². The SMILES string of the molecule is OC(c1cc2ccc(Cl)nc2s1)C1CCOCC1. The highest BCUT2D eigenvalue weighted by Gasteiger charge is 2.25. The molecule has 1 aliphatic heterocycles. The number of fused-ring (bicyclic) bond motifs is 1. The lowest BCUT2D eigenvalue weighted by Gasteiger charge is -2.25. The minimum atomic E-state index is -0.410. The number of aromatic nitrogens is 1. The molecule has 0 amide bonds. The molecule has 1 fully saturated rings.